The Morgan fingerprint density at radius 2 is 2.00 bits per heavy atom. The molecule has 0 saturated carbocycles. The zero-order chi connectivity index (χ0) is 11.4. The van der Waals surface area contributed by atoms with E-state index in [9.17, 15) is 4.79 Å². The molecular weight excluding hydrogens is 202 g/mol. The summed E-state index contributed by atoms with van der Waals surface area (Å²) in [5.41, 5.74) is 0. The smallest absolute Gasteiger partial charge is 0.236 e. The Balaban J connectivity index is 1.68. The Kier molecular flexibility index (Phi) is 4.18. The van der Waals surface area contributed by atoms with Crippen LogP contribution in [0.3, 0.4) is 0 Å². The third-order valence-corrected chi connectivity index (χ3v) is 3.75. The van der Waals surface area contributed by atoms with Gasteiger partial charge in [0.15, 0.2) is 0 Å². The van der Waals surface area contributed by atoms with Crippen molar-refractivity contribution in [2.24, 2.45) is 5.92 Å². The second-order valence-electron chi connectivity index (χ2n) is 5.08. The third kappa shape index (κ3) is 3.19. The molecule has 1 N–H and O–H groups in total. The van der Waals surface area contributed by atoms with E-state index in [1.807, 2.05) is 4.90 Å². The van der Waals surface area contributed by atoms with Gasteiger partial charge in [0.05, 0.1) is 6.54 Å². The fourth-order valence-electron chi connectivity index (χ4n) is 2.43. The summed E-state index contributed by atoms with van der Waals surface area (Å²) in [6.07, 6.45) is 2.63. The molecule has 0 spiro atoms. The number of piperidine rings is 1. The predicted molar refractivity (Wildman–Crippen MR) is 64.3 cm³/mol. The van der Waals surface area contributed by atoms with Gasteiger partial charge in [0.25, 0.3) is 0 Å². The second kappa shape index (κ2) is 5.64. The Morgan fingerprint density at radius 3 is 2.69 bits per heavy atom. The van der Waals surface area contributed by atoms with Gasteiger partial charge < -0.3 is 15.1 Å². The van der Waals surface area contributed by atoms with Crippen molar-refractivity contribution in [1.29, 1.82) is 0 Å². The quantitative estimate of drug-likeness (QED) is 0.743. The topological polar surface area (TPSA) is 35.6 Å². The highest BCUT2D eigenvalue weighted by atomic mass is 16.2. The lowest BCUT2D eigenvalue weighted by atomic mass is 9.99. The normalized spacial score (nSPS) is 25.1. The van der Waals surface area contributed by atoms with Crippen LogP contribution < -0.4 is 5.32 Å². The lowest BCUT2D eigenvalue weighted by Gasteiger charge is -2.33. The molecule has 0 aromatic rings. The van der Waals surface area contributed by atoms with Crippen molar-refractivity contribution in [3.05, 3.63) is 0 Å². The Hall–Kier alpha value is -0.610. The maximum atomic E-state index is 11.6. The van der Waals surface area contributed by atoms with E-state index in [-0.39, 0.29) is 5.91 Å². The van der Waals surface area contributed by atoms with Gasteiger partial charge in [0, 0.05) is 26.2 Å². The minimum Gasteiger partial charge on any atom is -0.339 e. The number of rotatable bonds is 3. The van der Waals surface area contributed by atoms with E-state index >= 15 is 0 Å². The Bertz CT molecular complexity index is 236. The van der Waals surface area contributed by atoms with Crippen molar-refractivity contribution in [3.8, 4) is 0 Å². The summed E-state index contributed by atoms with van der Waals surface area (Å²) in [5.74, 6) is 1.15. The zero-order valence-electron chi connectivity index (χ0n) is 10.2. The van der Waals surface area contributed by atoms with Gasteiger partial charge in [-0.15, -0.1) is 0 Å². The van der Waals surface area contributed by atoms with Gasteiger partial charge in [-0.3, -0.25) is 4.79 Å². The Morgan fingerprint density at radius 1 is 1.25 bits per heavy atom. The molecule has 0 bridgehead atoms. The first kappa shape index (κ1) is 11.9. The largest absolute Gasteiger partial charge is 0.339 e. The molecule has 0 aliphatic carbocycles. The predicted octanol–water partition coefficient (Wildman–Crippen LogP) is 0.150. The van der Waals surface area contributed by atoms with E-state index in [0.717, 1.165) is 32.1 Å². The van der Waals surface area contributed by atoms with Crippen LogP contribution in [0.25, 0.3) is 0 Å². The van der Waals surface area contributed by atoms with Gasteiger partial charge in [-0.2, -0.15) is 0 Å². The molecule has 0 radical (unpaired) electrons. The molecule has 2 aliphatic heterocycles. The number of nitrogens with zero attached hydrogens (tertiary/aromatic N) is 2. The average Bonchev–Trinajstić information content (AvgIpc) is 2.30. The monoisotopic (exact) mass is 225 g/mol. The highest BCUT2D eigenvalue weighted by molar-refractivity contribution is 5.78. The summed E-state index contributed by atoms with van der Waals surface area (Å²) in [6.45, 7) is 9.07. The van der Waals surface area contributed by atoms with Crippen LogP contribution >= 0.6 is 0 Å². The first-order valence-electron chi connectivity index (χ1n) is 6.46. The van der Waals surface area contributed by atoms with Crippen LogP contribution in [0, 0.1) is 5.92 Å². The fraction of sp³-hybridized carbons (Fsp3) is 0.917. The number of hydrogen-bond donors (Lipinski definition) is 1. The molecule has 2 rings (SSSR count). The maximum Gasteiger partial charge on any atom is 0.236 e. The standard InChI is InChI=1S/C12H23N3O/c1-11-2-5-14(6-3-11)8-9-15-7-4-13-10-12(15)16/h11,13H,2-10H2,1H3. The number of likely N-dealkylation sites (tertiary alicyclic amines) is 1. The fourth-order valence-corrected chi connectivity index (χ4v) is 2.43. The second-order valence-corrected chi connectivity index (χ2v) is 5.08. The van der Waals surface area contributed by atoms with Crippen molar-refractivity contribution in [2.45, 2.75) is 19.8 Å². The first-order valence-corrected chi connectivity index (χ1v) is 6.46. The minimum absolute atomic E-state index is 0.261. The van der Waals surface area contributed by atoms with Crippen LogP contribution in [-0.4, -0.2) is 61.5 Å². The zero-order valence-corrected chi connectivity index (χ0v) is 10.2. The van der Waals surface area contributed by atoms with Crippen LogP contribution in [0.2, 0.25) is 0 Å². The molecule has 1 amide bonds. The van der Waals surface area contributed by atoms with E-state index in [4.69, 9.17) is 0 Å². The number of nitrogens with one attached hydrogen (secondary N) is 1. The van der Waals surface area contributed by atoms with Crippen LogP contribution in [0.1, 0.15) is 19.8 Å². The molecule has 92 valence electrons. The number of hydrogen-bond acceptors (Lipinski definition) is 3. The van der Waals surface area contributed by atoms with E-state index in [0.29, 0.717) is 6.54 Å². The van der Waals surface area contributed by atoms with Crippen LogP contribution in [-0.2, 0) is 4.79 Å². The van der Waals surface area contributed by atoms with Crippen molar-refractivity contribution in [1.82, 2.24) is 15.1 Å². The maximum absolute atomic E-state index is 11.6. The Labute approximate surface area is 98.0 Å². The van der Waals surface area contributed by atoms with Crippen molar-refractivity contribution < 1.29 is 4.79 Å². The van der Waals surface area contributed by atoms with E-state index in [1.165, 1.54) is 25.9 Å². The highest BCUT2D eigenvalue weighted by Crippen LogP contribution is 2.15. The van der Waals surface area contributed by atoms with Gasteiger partial charge in [-0.05, 0) is 31.8 Å². The van der Waals surface area contributed by atoms with Crippen LogP contribution in [0.5, 0.6) is 0 Å². The molecule has 4 heteroatoms. The number of carbonyl (C=O) groups is 1. The molecule has 2 saturated heterocycles. The summed E-state index contributed by atoms with van der Waals surface area (Å²) in [7, 11) is 0. The number of carbonyl (C=O) groups excluding carboxylic acids is 1. The number of amides is 1. The molecular formula is C12H23N3O. The van der Waals surface area contributed by atoms with Crippen molar-refractivity contribution in [3.63, 3.8) is 0 Å². The third-order valence-electron chi connectivity index (χ3n) is 3.75. The van der Waals surface area contributed by atoms with Gasteiger partial charge in [0.1, 0.15) is 0 Å². The van der Waals surface area contributed by atoms with Crippen molar-refractivity contribution in [2.75, 3.05) is 45.8 Å². The summed E-state index contributed by atoms with van der Waals surface area (Å²) in [5, 5.41) is 3.10. The van der Waals surface area contributed by atoms with Gasteiger partial charge in [-0.25, -0.2) is 0 Å². The summed E-state index contributed by atoms with van der Waals surface area (Å²) >= 11 is 0. The molecule has 4 nitrogen and oxygen atoms in total. The lowest BCUT2D eigenvalue weighted by molar-refractivity contribution is -0.132. The average molecular weight is 225 g/mol. The van der Waals surface area contributed by atoms with E-state index in [1.54, 1.807) is 0 Å². The summed E-state index contributed by atoms with van der Waals surface area (Å²) in [6, 6.07) is 0. The molecule has 0 aromatic carbocycles. The van der Waals surface area contributed by atoms with Crippen LogP contribution in [0.15, 0.2) is 0 Å². The van der Waals surface area contributed by atoms with E-state index < -0.39 is 0 Å². The molecule has 2 fully saturated rings. The summed E-state index contributed by atoms with van der Waals surface area (Å²) in [4.78, 5) is 16.1. The van der Waals surface area contributed by atoms with Crippen LogP contribution in [0.4, 0.5) is 0 Å². The molecule has 0 atom stereocenters. The molecule has 0 aromatic heterocycles. The highest BCUT2D eigenvalue weighted by Gasteiger charge is 2.20. The number of piperazine rings is 1. The molecule has 0 unspecified atom stereocenters. The molecule has 2 heterocycles. The first-order chi connectivity index (χ1) is 7.75. The molecule has 16 heavy (non-hydrogen) atoms. The van der Waals surface area contributed by atoms with Gasteiger partial charge >= 0.3 is 0 Å². The SMILES string of the molecule is CC1CCN(CCN2CCNCC2=O)CC1. The van der Waals surface area contributed by atoms with Gasteiger partial charge in [0.2, 0.25) is 5.91 Å². The van der Waals surface area contributed by atoms with Crippen molar-refractivity contribution >= 4 is 5.91 Å². The molecule has 2 aliphatic rings. The lowest BCUT2D eigenvalue weighted by Crippen LogP contribution is -2.50. The van der Waals surface area contributed by atoms with E-state index in [2.05, 4.69) is 17.1 Å². The van der Waals surface area contributed by atoms with Gasteiger partial charge in [-0.1, -0.05) is 6.92 Å². The minimum atomic E-state index is 0.261. The summed E-state index contributed by atoms with van der Waals surface area (Å²) < 4.78 is 0.